The number of hydrogen-bond donors (Lipinski definition) is 1. The van der Waals surface area contributed by atoms with Crippen molar-refractivity contribution in [3.05, 3.63) is 35.4 Å². The highest BCUT2D eigenvalue weighted by Crippen LogP contribution is 2.41. The third-order valence-corrected chi connectivity index (χ3v) is 3.60. The summed E-state index contributed by atoms with van der Waals surface area (Å²) in [4.78, 5) is 10.8. The number of carboxylic acid groups (broad SMARTS) is 1. The largest absolute Gasteiger partial charge is 0.481 e. The maximum atomic E-state index is 10.8. The lowest BCUT2D eigenvalue weighted by molar-refractivity contribution is -0.138. The fraction of sp³-hybridized carbons (Fsp3) is 0.500. The average molecular weight is 218 g/mol. The zero-order valence-corrected chi connectivity index (χ0v) is 9.65. The summed E-state index contributed by atoms with van der Waals surface area (Å²) >= 11 is 0. The molecule has 2 unspecified atom stereocenters. The molecule has 2 heteroatoms. The fourth-order valence-corrected chi connectivity index (χ4v) is 2.76. The molecule has 0 heterocycles. The molecule has 16 heavy (non-hydrogen) atoms. The molecular formula is C14H18O2. The van der Waals surface area contributed by atoms with Gasteiger partial charge in [0.1, 0.15) is 0 Å². The Morgan fingerprint density at radius 2 is 2.00 bits per heavy atom. The quantitative estimate of drug-likeness (QED) is 0.844. The van der Waals surface area contributed by atoms with Gasteiger partial charge in [-0.25, -0.2) is 0 Å². The number of hydrogen-bond acceptors (Lipinski definition) is 1. The molecule has 2 rings (SSSR count). The van der Waals surface area contributed by atoms with Crippen LogP contribution in [-0.4, -0.2) is 11.1 Å². The summed E-state index contributed by atoms with van der Waals surface area (Å²) in [5.41, 5.74) is 2.57. The van der Waals surface area contributed by atoms with E-state index in [9.17, 15) is 4.79 Å². The van der Waals surface area contributed by atoms with E-state index in [4.69, 9.17) is 5.11 Å². The second-order valence-electron chi connectivity index (χ2n) is 4.81. The van der Waals surface area contributed by atoms with Crippen LogP contribution >= 0.6 is 0 Å². The molecule has 1 N–H and O–H groups in total. The first-order valence-corrected chi connectivity index (χ1v) is 5.95. The Morgan fingerprint density at radius 3 is 2.62 bits per heavy atom. The topological polar surface area (TPSA) is 37.3 Å². The SMILES string of the molecule is Cc1ccc(C2CCCC2CC(=O)O)cc1. The van der Waals surface area contributed by atoms with E-state index in [2.05, 4.69) is 31.2 Å². The van der Waals surface area contributed by atoms with Crippen molar-refractivity contribution >= 4 is 5.97 Å². The molecule has 1 aliphatic rings. The van der Waals surface area contributed by atoms with E-state index in [0.717, 1.165) is 19.3 Å². The van der Waals surface area contributed by atoms with Crippen molar-refractivity contribution in [1.29, 1.82) is 0 Å². The van der Waals surface area contributed by atoms with Crippen molar-refractivity contribution in [2.45, 2.75) is 38.5 Å². The van der Waals surface area contributed by atoms with Crippen molar-refractivity contribution in [3.8, 4) is 0 Å². The van der Waals surface area contributed by atoms with Crippen LogP contribution in [0.25, 0.3) is 0 Å². The molecule has 0 saturated heterocycles. The third kappa shape index (κ3) is 2.43. The normalized spacial score (nSPS) is 24.6. The average Bonchev–Trinajstić information content (AvgIpc) is 2.66. The van der Waals surface area contributed by atoms with E-state index in [1.165, 1.54) is 11.1 Å². The molecule has 0 aliphatic heterocycles. The highest BCUT2D eigenvalue weighted by Gasteiger charge is 2.29. The van der Waals surface area contributed by atoms with Gasteiger partial charge in [0.15, 0.2) is 0 Å². The summed E-state index contributed by atoms with van der Waals surface area (Å²) in [6.07, 6.45) is 3.68. The number of benzene rings is 1. The van der Waals surface area contributed by atoms with E-state index < -0.39 is 5.97 Å². The molecule has 2 nitrogen and oxygen atoms in total. The summed E-state index contributed by atoms with van der Waals surface area (Å²) in [6, 6.07) is 8.54. The van der Waals surface area contributed by atoms with E-state index in [-0.39, 0.29) is 0 Å². The first kappa shape index (κ1) is 11.2. The minimum absolute atomic E-state index is 0.318. The van der Waals surface area contributed by atoms with Gasteiger partial charge < -0.3 is 5.11 Å². The molecule has 0 spiro atoms. The zero-order valence-electron chi connectivity index (χ0n) is 9.65. The Balaban J connectivity index is 2.13. The summed E-state index contributed by atoms with van der Waals surface area (Å²) in [6.45, 7) is 2.08. The number of aryl methyl sites for hydroxylation is 1. The van der Waals surface area contributed by atoms with Gasteiger partial charge in [-0.05, 0) is 37.2 Å². The third-order valence-electron chi connectivity index (χ3n) is 3.60. The van der Waals surface area contributed by atoms with Gasteiger partial charge in [0.05, 0.1) is 0 Å². The first-order chi connectivity index (χ1) is 7.66. The lowest BCUT2D eigenvalue weighted by Crippen LogP contribution is -2.11. The Morgan fingerprint density at radius 1 is 1.31 bits per heavy atom. The van der Waals surface area contributed by atoms with Gasteiger partial charge in [-0.3, -0.25) is 4.79 Å². The molecule has 1 saturated carbocycles. The molecule has 1 fully saturated rings. The lowest BCUT2D eigenvalue weighted by Gasteiger charge is -2.18. The maximum Gasteiger partial charge on any atom is 0.303 e. The van der Waals surface area contributed by atoms with Gasteiger partial charge in [-0.2, -0.15) is 0 Å². The molecular weight excluding hydrogens is 200 g/mol. The predicted molar refractivity (Wildman–Crippen MR) is 63.5 cm³/mol. The van der Waals surface area contributed by atoms with Gasteiger partial charge in [0, 0.05) is 6.42 Å². The van der Waals surface area contributed by atoms with Crippen LogP contribution in [-0.2, 0) is 4.79 Å². The van der Waals surface area contributed by atoms with Gasteiger partial charge >= 0.3 is 5.97 Å². The summed E-state index contributed by atoms with van der Waals surface area (Å²) < 4.78 is 0. The Kier molecular flexibility index (Phi) is 3.28. The monoisotopic (exact) mass is 218 g/mol. The molecule has 1 aromatic rings. The Hall–Kier alpha value is -1.31. The van der Waals surface area contributed by atoms with Crippen molar-refractivity contribution < 1.29 is 9.90 Å². The van der Waals surface area contributed by atoms with Crippen LogP contribution < -0.4 is 0 Å². The van der Waals surface area contributed by atoms with Crippen LogP contribution in [0.5, 0.6) is 0 Å². The second kappa shape index (κ2) is 4.69. The van der Waals surface area contributed by atoms with Crippen LogP contribution in [0, 0.1) is 12.8 Å². The Labute approximate surface area is 96.3 Å². The van der Waals surface area contributed by atoms with E-state index in [0.29, 0.717) is 18.3 Å². The number of carbonyl (C=O) groups is 1. The minimum Gasteiger partial charge on any atom is -0.481 e. The van der Waals surface area contributed by atoms with Crippen molar-refractivity contribution in [2.75, 3.05) is 0 Å². The molecule has 1 aliphatic carbocycles. The van der Waals surface area contributed by atoms with Crippen LogP contribution in [0.3, 0.4) is 0 Å². The maximum absolute atomic E-state index is 10.8. The lowest BCUT2D eigenvalue weighted by atomic mass is 9.86. The fourth-order valence-electron chi connectivity index (χ4n) is 2.76. The highest BCUT2D eigenvalue weighted by molar-refractivity contribution is 5.67. The standard InChI is InChI=1S/C14H18O2/c1-10-5-7-11(8-6-10)13-4-2-3-12(13)9-14(15)16/h5-8,12-13H,2-4,9H2,1H3,(H,15,16). The smallest absolute Gasteiger partial charge is 0.303 e. The summed E-state index contributed by atoms with van der Waals surface area (Å²) in [7, 11) is 0. The first-order valence-electron chi connectivity index (χ1n) is 5.95. The number of aliphatic carboxylic acids is 1. The molecule has 1 aromatic carbocycles. The van der Waals surface area contributed by atoms with E-state index in [1.54, 1.807) is 0 Å². The molecule has 0 radical (unpaired) electrons. The molecule has 0 aromatic heterocycles. The van der Waals surface area contributed by atoms with Gasteiger partial charge in [-0.1, -0.05) is 36.2 Å². The highest BCUT2D eigenvalue weighted by atomic mass is 16.4. The van der Waals surface area contributed by atoms with Crippen LogP contribution in [0.4, 0.5) is 0 Å². The van der Waals surface area contributed by atoms with Crippen molar-refractivity contribution in [2.24, 2.45) is 5.92 Å². The van der Waals surface area contributed by atoms with Crippen molar-refractivity contribution in [3.63, 3.8) is 0 Å². The second-order valence-corrected chi connectivity index (χ2v) is 4.81. The Bertz CT molecular complexity index is 367. The van der Waals surface area contributed by atoms with Gasteiger partial charge in [0.25, 0.3) is 0 Å². The van der Waals surface area contributed by atoms with E-state index >= 15 is 0 Å². The number of carboxylic acids is 1. The van der Waals surface area contributed by atoms with Crippen LogP contribution in [0.2, 0.25) is 0 Å². The van der Waals surface area contributed by atoms with E-state index in [1.807, 2.05) is 0 Å². The number of rotatable bonds is 3. The molecule has 0 bridgehead atoms. The molecule has 86 valence electrons. The predicted octanol–water partition coefficient (Wildman–Crippen LogP) is 3.35. The summed E-state index contributed by atoms with van der Waals surface area (Å²) in [5, 5.41) is 8.88. The van der Waals surface area contributed by atoms with Crippen LogP contribution in [0.15, 0.2) is 24.3 Å². The minimum atomic E-state index is -0.663. The van der Waals surface area contributed by atoms with Gasteiger partial charge in [0.2, 0.25) is 0 Å². The summed E-state index contributed by atoms with van der Waals surface area (Å²) in [5.74, 6) is 0.126. The van der Waals surface area contributed by atoms with Crippen LogP contribution in [0.1, 0.15) is 42.7 Å². The van der Waals surface area contributed by atoms with Crippen molar-refractivity contribution in [1.82, 2.24) is 0 Å². The molecule has 0 amide bonds. The van der Waals surface area contributed by atoms with Gasteiger partial charge in [-0.15, -0.1) is 0 Å². The zero-order chi connectivity index (χ0) is 11.5. The molecule has 2 atom stereocenters.